The van der Waals surface area contributed by atoms with Gasteiger partial charge in [0, 0.05) is 4.47 Å². The van der Waals surface area contributed by atoms with E-state index >= 15 is 0 Å². The van der Waals surface area contributed by atoms with Crippen LogP contribution in [-0.2, 0) is 0 Å². The molecule has 0 heterocycles. The fourth-order valence-electron chi connectivity index (χ4n) is 6.08. The van der Waals surface area contributed by atoms with Crippen LogP contribution in [0.25, 0.3) is 0 Å². The van der Waals surface area contributed by atoms with E-state index in [1.807, 2.05) is 0 Å². The monoisotopic (exact) mass is 352 g/mol. The third kappa shape index (κ3) is 2.08. The molecule has 0 amide bonds. The van der Waals surface area contributed by atoms with Gasteiger partial charge in [-0.1, -0.05) is 35.0 Å². The molecule has 4 saturated carbocycles. The summed E-state index contributed by atoms with van der Waals surface area (Å²) in [4.78, 5) is 0. The van der Waals surface area contributed by atoms with E-state index in [2.05, 4.69) is 47.1 Å². The second kappa shape index (κ2) is 4.49. The van der Waals surface area contributed by atoms with Crippen molar-refractivity contribution in [1.82, 2.24) is 0 Å². The van der Waals surface area contributed by atoms with Crippen molar-refractivity contribution in [2.45, 2.75) is 50.8 Å². The maximum atomic E-state index is 7.03. The van der Waals surface area contributed by atoms with E-state index in [4.69, 9.17) is 11.6 Å². The molecular formula is C18H22BrCl. The first kappa shape index (κ1) is 13.6. The van der Waals surface area contributed by atoms with Crippen LogP contribution in [0, 0.1) is 22.7 Å². The summed E-state index contributed by atoms with van der Waals surface area (Å²) >= 11 is 10.5. The van der Waals surface area contributed by atoms with Gasteiger partial charge < -0.3 is 0 Å². The normalized spacial score (nSPS) is 43.8. The Balaban J connectivity index is 1.68. The minimum atomic E-state index is 0.195. The fraction of sp³-hybridized carbons (Fsp3) is 0.667. The summed E-state index contributed by atoms with van der Waals surface area (Å²) in [6.07, 6.45) is 8.45. The Hall–Kier alpha value is -0.0100. The van der Waals surface area contributed by atoms with Crippen molar-refractivity contribution in [3.63, 3.8) is 0 Å². The third-order valence-electron chi connectivity index (χ3n) is 6.10. The molecule has 5 rings (SSSR count). The van der Waals surface area contributed by atoms with Crippen LogP contribution in [0.1, 0.15) is 56.4 Å². The van der Waals surface area contributed by atoms with Gasteiger partial charge in [0.25, 0.3) is 0 Å². The number of hydrogen-bond acceptors (Lipinski definition) is 0. The zero-order valence-corrected chi connectivity index (χ0v) is 14.4. The first-order chi connectivity index (χ1) is 9.48. The quantitative estimate of drug-likeness (QED) is 0.544. The van der Waals surface area contributed by atoms with Crippen molar-refractivity contribution in [1.29, 1.82) is 0 Å². The maximum Gasteiger partial charge on any atom is 0.0641 e. The Bertz CT molecular complexity index is 507. The van der Waals surface area contributed by atoms with E-state index in [0.717, 1.165) is 16.3 Å². The molecule has 1 aromatic carbocycles. The minimum Gasteiger partial charge on any atom is -0.117 e. The molecule has 0 spiro atoms. The predicted octanol–water partition coefficient (Wildman–Crippen LogP) is 6.34. The smallest absolute Gasteiger partial charge is 0.0641 e. The first-order valence-electron chi connectivity index (χ1n) is 7.88. The standard InChI is InChI=1S/C18H22BrCl/c1-17-7-12-6-13(8-17)10-18(9-12,11-17)16(20)14-2-4-15(19)5-3-14/h2-5,12-13,16H,6-11H2,1H3. The van der Waals surface area contributed by atoms with Gasteiger partial charge in [-0.3, -0.25) is 0 Å². The average molecular weight is 354 g/mol. The molecule has 0 aliphatic heterocycles. The lowest BCUT2D eigenvalue weighted by atomic mass is 9.43. The molecule has 0 nitrogen and oxygen atoms in total. The minimum absolute atomic E-state index is 0.195. The Morgan fingerprint density at radius 1 is 1.10 bits per heavy atom. The number of benzene rings is 1. The van der Waals surface area contributed by atoms with Crippen molar-refractivity contribution < 1.29 is 0 Å². The van der Waals surface area contributed by atoms with E-state index in [1.165, 1.54) is 44.1 Å². The molecule has 20 heavy (non-hydrogen) atoms. The number of halogens is 2. The summed E-state index contributed by atoms with van der Waals surface area (Å²) in [5, 5.41) is 0.195. The molecule has 4 bridgehead atoms. The predicted molar refractivity (Wildman–Crippen MR) is 88.0 cm³/mol. The van der Waals surface area contributed by atoms with Gasteiger partial charge in [0.2, 0.25) is 0 Å². The number of hydrogen-bond donors (Lipinski definition) is 0. The second-order valence-corrected chi connectivity index (χ2v) is 9.40. The van der Waals surface area contributed by atoms with Crippen LogP contribution >= 0.6 is 27.5 Å². The van der Waals surface area contributed by atoms with Crippen molar-refractivity contribution in [2.75, 3.05) is 0 Å². The lowest BCUT2D eigenvalue weighted by Gasteiger charge is -2.62. The molecule has 0 radical (unpaired) electrons. The lowest BCUT2D eigenvalue weighted by molar-refractivity contribution is -0.103. The Morgan fingerprint density at radius 3 is 2.25 bits per heavy atom. The molecule has 3 unspecified atom stereocenters. The van der Waals surface area contributed by atoms with Crippen LogP contribution in [-0.4, -0.2) is 0 Å². The van der Waals surface area contributed by atoms with Gasteiger partial charge in [0.05, 0.1) is 5.38 Å². The highest BCUT2D eigenvalue weighted by Gasteiger charge is 2.58. The van der Waals surface area contributed by atoms with E-state index in [9.17, 15) is 0 Å². The van der Waals surface area contributed by atoms with Crippen LogP contribution in [0.4, 0.5) is 0 Å². The average Bonchev–Trinajstić information content (AvgIpc) is 2.36. The molecule has 1 aromatic rings. The van der Waals surface area contributed by atoms with Crippen molar-refractivity contribution in [2.24, 2.45) is 22.7 Å². The van der Waals surface area contributed by atoms with E-state index in [0.29, 0.717) is 10.8 Å². The summed E-state index contributed by atoms with van der Waals surface area (Å²) in [5.41, 5.74) is 2.27. The Morgan fingerprint density at radius 2 is 1.70 bits per heavy atom. The largest absolute Gasteiger partial charge is 0.117 e. The Kier molecular flexibility index (Phi) is 3.06. The van der Waals surface area contributed by atoms with E-state index in [-0.39, 0.29) is 5.38 Å². The highest BCUT2D eigenvalue weighted by atomic mass is 79.9. The summed E-state index contributed by atoms with van der Waals surface area (Å²) in [7, 11) is 0. The van der Waals surface area contributed by atoms with Crippen LogP contribution in [0.15, 0.2) is 28.7 Å². The van der Waals surface area contributed by atoms with Crippen LogP contribution < -0.4 is 0 Å². The van der Waals surface area contributed by atoms with Gasteiger partial charge in [-0.2, -0.15) is 0 Å². The van der Waals surface area contributed by atoms with Crippen molar-refractivity contribution >= 4 is 27.5 Å². The van der Waals surface area contributed by atoms with Gasteiger partial charge in [0.15, 0.2) is 0 Å². The van der Waals surface area contributed by atoms with Gasteiger partial charge >= 0.3 is 0 Å². The van der Waals surface area contributed by atoms with Gasteiger partial charge in [-0.25, -0.2) is 0 Å². The zero-order chi connectivity index (χ0) is 14.0. The summed E-state index contributed by atoms with van der Waals surface area (Å²) < 4.78 is 1.14. The van der Waals surface area contributed by atoms with Gasteiger partial charge in [-0.15, -0.1) is 11.6 Å². The van der Waals surface area contributed by atoms with Gasteiger partial charge in [-0.05, 0) is 78.9 Å². The molecule has 0 aromatic heterocycles. The van der Waals surface area contributed by atoms with Crippen molar-refractivity contribution in [3.05, 3.63) is 34.3 Å². The molecule has 4 fully saturated rings. The highest BCUT2D eigenvalue weighted by molar-refractivity contribution is 9.10. The maximum absolute atomic E-state index is 7.03. The molecule has 3 atom stereocenters. The number of alkyl halides is 1. The summed E-state index contributed by atoms with van der Waals surface area (Å²) in [6.45, 7) is 2.52. The fourth-order valence-corrected chi connectivity index (χ4v) is 6.75. The molecule has 0 saturated heterocycles. The SMILES string of the molecule is CC12CC3CC(C1)CC(C(Cl)c1ccc(Br)cc1)(C3)C2. The molecule has 2 heteroatoms. The number of rotatable bonds is 2. The second-order valence-electron chi connectivity index (χ2n) is 8.05. The van der Waals surface area contributed by atoms with Gasteiger partial charge in [0.1, 0.15) is 0 Å². The van der Waals surface area contributed by atoms with Crippen LogP contribution in [0.3, 0.4) is 0 Å². The lowest BCUT2D eigenvalue weighted by Crippen LogP contribution is -2.52. The highest BCUT2D eigenvalue weighted by Crippen LogP contribution is 2.69. The first-order valence-corrected chi connectivity index (χ1v) is 9.11. The molecule has 108 valence electrons. The third-order valence-corrected chi connectivity index (χ3v) is 7.34. The Labute approximate surface area is 135 Å². The molecule has 4 aliphatic rings. The molecule has 0 N–H and O–H groups in total. The molecule has 4 aliphatic carbocycles. The van der Waals surface area contributed by atoms with E-state index < -0.39 is 0 Å². The summed E-state index contributed by atoms with van der Waals surface area (Å²) in [6, 6.07) is 8.69. The van der Waals surface area contributed by atoms with Crippen molar-refractivity contribution in [3.8, 4) is 0 Å². The van der Waals surface area contributed by atoms with Crippen LogP contribution in [0.2, 0.25) is 0 Å². The zero-order valence-electron chi connectivity index (χ0n) is 12.0. The topological polar surface area (TPSA) is 0 Å². The molecular weight excluding hydrogens is 332 g/mol. The van der Waals surface area contributed by atoms with Crippen LogP contribution in [0.5, 0.6) is 0 Å². The van der Waals surface area contributed by atoms with E-state index in [1.54, 1.807) is 0 Å². The summed E-state index contributed by atoms with van der Waals surface area (Å²) in [5.74, 6) is 1.89.